The third-order valence-electron chi connectivity index (χ3n) is 7.88. The van der Waals surface area contributed by atoms with Crippen LogP contribution in [0.5, 0.6) is 0 Å². The molecule has 4 rings (SSSR count). The van der Waals surface area contributed by atoms with Crippen LogP contribution in [0.2, 0.25) is 0 Å². The smallest absolute Gasteiger partial charge is 0.408 e. The van der Waals surface area contributed by atoms with Gasteiger partial charge in [-0.15, -0.1) is 0 Å². The Bertz CT molecular complexity index is 1510. The Hall–Kier alpha value is -5.03. The lowest BCUT2D eigenvalue weighted by Crippen LogP contribution is -2.58. The van der Waals surface area contributed by atoms with E-state index in [0.717, 1.165) is 23.1 Å². The molecular formula is C37H43N3O8. The monoisotopic (exact) mass is 657 g/mol. The van der Waals surface area contributed by atoms with Crippen LogP contribution in [0.3, 0.4) is 0 Å². The lowest BCUT2D eigenvalue weighted by Gasteiger charge is -2.26. The van der Waals surface area contributed by atoms with E-state index in [0.29, 0.717) is 6.42 Å². The largest absolute Gasteiger partial charge is 0.466 e. The highest BCUT2D eigenvalue weighted by Crippen LogP contribution is 2.29. The molecule has 1 aliphatic heterocycles. The Balaban J connectivity index is 1.52. The van der Waals surface area contributed by atoms with Crippen molar-refractivity contribution in [2.45, 2.75) is 76.3 Å². The molecule has 4 atom stereocenters. The first-order valence-corrected chi connectivity index (χ1v) is 16.2. The van der Waals surface area contributed by atoms with Gasteiger partial charge in [-0.25, -0.2) is 4.79 Å². The van der Waals surface area contributed by atoms with Gasteiger partial charge < -0.3 is 30.2 Å². The summed E-state index contributed by atoms with van der Waals surface area (Å²) < 4.78 is 16.0. The second kappa shape index (κ2) is 17.8. The van der Waals surface area contributed by atoms with Gasteiger partial charge >= 0.3 is 12.1 Å². The third kappa shape index (κ3) is 11.3. The molecule has 11 nitrogen and oxygen atoms in total. The topological polar surface area (TPSA) is 152 Å². The van der Waals surface area contributed by atoms with Crippen molar-refractivity contribution >= 4 is 29.7 Å². The summed E-state index contributed by atoms with van der Waals surface area (Å²) in [6, 6.07) is 23.8. The minimum atomic E-state index is -1.41. The predicted octanol–water partition coefficient (Wildman–Crippen LogP) is 3.83. The quantitative estimate of drug-likeness (QED) is 0.106. The zero-order chi connectivity index (χ0) is 34.4. The van der Waals surface area contributed by atoms with Crippen molar-refractivity contribution in [3.05, 3.63) is 108 Å². The summed E-state index contributed by atoms with van der Waals surface area (Å²) in [6.45, 7) is 3.98. The van der Waals surface area contributed by atoms with Crippen molar-refractivity contribution in [3.8, 4) is 0 Å². The number of benzene rings is 3. The number of alkyl carbamates (subject to hydrolysis) is 1. The maximum absolute atomic E-state index is 13.9. The number of nitrogens with one attached hydrogen (secondary N) is 3. The molecule has 3 N–H and O–H groups in total. The van der Waals surface area contributed by atoms with Crippen LogP contribution in [-0.4, -0.2) is 66.6 Å². The Labute approximate surface area is 280 Å². The number of hydrogen-bond donors (Lipinski definition) is 3. The SMILES string of the molecule is CCCCOC(=O)C[C@H](NC(=O)OCc1ccccc1)C(=O)NC(Cc1ccccc1)C(=O)N[C@@H](Cc1ccccc1)C(=O)[C@@]1(C)CO1. The molecule has 0 aromatic heterocycles. The summed E-state index contributed by atoms with van der Waals surface area (Å²) in [5.74, 6) is -2.37. The summed E-state index contributed by atoms with van der Waals surface area (Å²) in [4.78, 5) is 66.6. The van der Waals surface area contributed by atoms with E-state index in [1.807, 2.05) is 49.4 Å². The average molecular weight is 658 g/mol. The van der Waals surface area contributed by atoms with Gasteiger partial charge in [0.05, 0.1) is 25.7 Å². The Morgan fingerprint density at radius 1 is 0.708 bits per heavy atom. The zero-order valence-electron chi connectivity index (χ0n) is 27.3. The molecule has 1 heterocycles. The summed E-state index contributed by atoms with van der Waals surface area (Å²) in [5.41, 5.74) is 1.31. The number of epoxide rings is 1. The molecule has 0 saturated carbocycles. The molecule has 48 heavy (non-hydrogen) atoms. The van der Waals surface area contributed by atoms with Crippen molar-refractivity contribution in [3.63, 3.8) is 0 Å². The number of rotatable bonds is 18. The van der Waals surface area contributed by atoms with Crippen molar-refractivity contribution in [1.29, 1.82) is 0 Å². The Morgan fingerprint density at radius 2 is 1.21 bits per heavy atom. The van der Waals surface area contributed by atoms with E-state index in [1.165, 1.54) is 0 Å². The van der Waals surface area contributed by atoms with Gasteiger partial charge in [0.15, 0.2) is 5.78 Å². The molecule has 0 bridgehead atoms. The van der Waals surface area contributed by atoms with Gasteiger partial charge in [-0.2, -0.15) is 0 Å². The van der Waals surface area contributed by atoms with Crippen molar-refractivity contribution in [2.24, 2.45) is 0 Å². The van der Waals surface area contributed by atoms with Crippen LogP contribution in [-0.2, 0) is 52.8 Å². The highest BCUT2D eigenvalue weighted by molar-refractivity contribution is 5.99. The number of esters is 1. The van der Waals surface area contributed by atoms with Crippen LogP contribution in [0, 0.1) is 0 Å². The summed E-state index contributed by atoms with van der Waals surface area (Å²) in [6.07, 6.45) is 0.330. The number of ether oxygens (including phenoxy) is 3. The maximum atomic E-state index is 13.9. The molecule has 11 heteroatoms. The van der Waals surface area contributed by atoms with Gasteiger partial charge in [-0.1, -0.05) is 104 Å². The molecular weight excluding hydrogens is 614 g/mol. The summed E-state index contributed by atoms with van der Waals surface area (Å²) in [5, 5.41) is 8.01. The minimum absolute atomic E-state index is 0.0551. The fourth-order valence-electron chi connectivity index (χ4n) is 4.95. The first-order chi connectivity index (χ1) is 23.2. The average Bonchev–Trinajstić information content (AvgIpc) is 3.85. The van der Waals surface area contributed by atoms with Gasteiger partial charge in [-0.3, -0.25) is 19.2 Å². The summed E-state index contributed by atoms with van der Waals surface area (Å²) in [7, 11) is 0. The van der Waals surface area contributed by atoms with E-state index in [2.05, 4.69) is 16.0 Å². The van der Waals surface area contributed by atoms with Gasteiger partial charge in [0, 0.05) is 6.42 Å². The van der Waals surface area contributed by atoms with Crippen LogP contribution in [0.15, 0.2) is 91.0 Å². The molecule has 1 saturated heterocycles. The normalized spacial score (nSPS) is 16.8. The molecule has 1 aliphatic rings. The van der Waals surface area contributed by atoms with Crippen LogP contribution in [0.1, 0.15) is 49.8 Å². The third-order valence-corrected chi connectivity index (χ3v) is 7.88. The second-order valence-corrected chi connectivity index (χ2v) is 11.9. The fraction of sp³-hybridized carbons (Fsp3) is 0.378. The van der Waals surface area contributed by atoms with Crippen LogP contribution in [0.4, 0.5) is 4.79 Å². The molecule has 3 aromatic carbocycles. The molecule has 1 fully saturated rings. The Morgan fingerprint density at radius 3 is 1.75 bits per heavy atom. The van der Waals surface area contributed by atoms with Gasteiger partial charge in [0.25, 0.3) is 0 Å². The highest BCUT2D eigenvalue weighted by atomic mass is 16.6. The van der Waals surface area contributed by atoms with Crippen LogP contribution in [0.25, 0.3) is 0 Å². The second-order valence-electron chi connectivity index (χ2n) is 11.9. The molecule has 254 valence electrons. The highest BCUT2D eigenvalue weighted by Gasteiger charge is 2.50. The number of carbonyl (C=O) groups is 5. The van der Waals surface area contributed by atoms with Gasteiger partial charge in [0.2, 0.25) is 11.8 Å². The first-order valence-electron chi connectivity index (χ1n) is 16.2. The number of hydrogen-bond acceptors (Lipinski definition) is 8. The molecule has 3 aromatic rings. The number of amides is 3. The van der Waals surface area contributed by atoms with E-state index in [4.69, 9.17) is 14.2 Å². The standard InChI is InChI=1S/C37H43N3O8/c1-3-4-20-46-32(41)23-31(40-36(45)47-24-28-18-12-7-13-19-28)35(44)39-30(22-27-16-10-6-11-17-27)34(43)38-29(33(42)37(2)25-48-37)21-26-14-8-5-9-15-26/h5-19,29-31H,3-4,20-25H2,1-2H3,(H,38,43)(H,39,44)(H,40,45)/t29-,30?,31-,37+/m0/s1. The van der Waals surface area contributed by atoms with Gasteiger partial charge in [-0.05, 0) is 36.5 Å². The van der Waals surface area contributed by atoms with E-state index in [9.17, 15) is 24.0 Å². The van der Waals surface area contributed by atoms with Crippen molar-refractivity contribution in [1.82, 2.24) is 16.0 Å². The molecule has 3 amide bonds. The number of ketones is 1. The molecule has 0 spiro atoms. The number of Topliss-reactive ketones (excluding diaryl/α,β-unsaturated/α-hetero) is 1. The number of unbranched alkanes of at least 4 members (excludes halogenated alkanes) is 1. The van der Waals surface area contributed by atoms with Gasteiger partial charge in [0.1, 0.15) is 24.3 Å². The van der Waals surface area contributed by atoms with Crippen molar-refractivity contribution in [2.75, 3.05) is 13.2 Å². The van der Waals surface area contributed by atoms with Crippen molar-refractivity contribution < 1.29 is 38.2 Å². The predicted molar refractivity (Wildman–Crippen MR) is 178 cm³/mol. The minimum Gasteiger partial charge on any atom is -0.466 e. The lowest BCUT2D eigenvalue weighted by molar-refractivity contribution is -0.146. The summed E-state index contributed by atoms with van der Waals surface area (Å²) >= 11 is 0. The van der Waals surface area contributed by atoms with E-state index < -0.39 is 54.0 Å². The lowest BCUT2D eigenvalue weighted by atomic mass is 9.94. The first kappa shape index (κ1) is 35.8. The van der Waals surface area contributed by atoms with E-state index >= 15 is 0 Å². The Kier molecular flexibility index (Phi) is 13.3. The maximum Gasteiger partial charge on any atom is 0.408 e. The fourth-order valence-corrected chi connectivity index (χ4v) is 4.95. The molecule has 0 radical (unpaired) electrons. The molecule has 1 unspecified atom stereocenters. The van der Waals surface area contributed by atoms with E-state index in [1.54, 1.807) is 55.5 Å². The number of carbonyl (C=O) groups excluding carboxylic acids is 5. The van der Waals surface area contributed by atoms with Crippen LogP contribution >= 0.6 is 0 Å². The van der Waals surface area contributed by atoms with E-state index in [-0.39, 0.29) is 38.4 Å². The molecule has 0 aliphatic carbocycles. The zero-order valence-corrected chi connectivity index (χ0v) is 27.3. The van der Waals surface area contributed by atoms with Crippen LogP contribution < -0.4 is 16.0 Å².